The van der Waals surface area contributed by atoms with Crippen molar-refractivity contribution in [3.05, 3.63) is 48.0 Å². The van der Waals surface area contributed by atoms with Crippen molar-refractivity contribution in [1.82, 2.24) is 0 Å². The number of hydrogen-bond acceptors (Lipinski definition) is 4. The lowest BCUT2D eigenvalue weighted by Gasteiger charge is -2.20. The second kappa shape index (κ2) is 4.93. The first-order valence-electron chi connectivity index (χ1n) is 6.66. The van der Waals surface area contributed by atoms with E-state index in [0.29, 0.717) is 5.75 Å². The standard InChI is InChI=1S/C16H12N2O2S/c19-16-8-20-14-6-5-10(7-12(14)18-16)13-9-21-15-4-2-1-3-11(15)17-13/h1-7H,8-9H2,(H,18,19). The Labute approximate surface area is 126 Å². The molecule has 1 N–H and O–H groups in total. The molecule has 0 fully saturated rings. The lowest BCUT2D eigenvalue weighted by Crippen LogP contribution is -2.25. The highest BCUT2D eigenvalue weighted by Gasteiger charge is 2.19. The largest absolute Gasteiger partial charge is 0.482 e. The van der Waals surface area contributed by atoms with E-state index in [9.17, 15) is 4.79 Å². The summed E-state index contributed by atoms with van der Waals surface area (Å²) < 4.78 is 5.38. The number of amides is 1. The van der Waals surface area contributed by atoms with Gasteiger partial charge in [0, 0.05) is 10.6 Å². The third-order valence-electron chi connectivity index (χ3n) is 3.43. The number of benzene rings is 2. The summed E-state index contributed by atoms with van der Waals surface area (Å²) in [4.78, 5) is 17.3. The number of aliphatic imine (C=N–C) groups is 1. The van der Waals surface area contributed by atoms with Crippen LogP contribution in [0.15, 0.2) is 52.4 Å². The summed E-state index contributed by atoms with van der Waals surface area (Å²) in [7, 11) is 0. The normalized spacial score (nSPS) is 16.2. The zero-order valence-corrected chi connectivity index (χ0v) is 11.9. The Kier molecular flexibility index (Phi) is 2.93. The first kappa shape index (κ1) is 12.5. The number of carbonyl (C=O) groups excluding carboxylic acids is 1. The van der Waals surface area contributed by atoms with Gasteiger partial charge in [-0.3, -0.25) is 9.79 Å². The maximum atomic E-state index is 11.4. The fraction of sp³-hybridized carbons (Fsp3) is 0.125. The Hall–Kier alpha value is -2.27. The van der Waals surface area contributed by atoms with E-state index in [-0.39, 0.29) is 12.5 Å². The highest BCUT2D eigenvalue weighted by molar-refractivity contribution is 8.00. The van der Waals surface area contributed by atoms with E-state index in [1.165, 1.54) is 4.90 Å². The van der Waals surface area contributed by atoms with Gasteiger partial charge < -0.3 is 10.1 Å². The van der Waals surface area contributed by atoms with Gasteiger partial charge in [-0.2, -0.15) is 0 Å². The fourth-order valence-corrected chi connectivity index (χ4v) is 3.37. The summed E-state index contributed by atoms with van der Waals surface area (Å²) in [6.07, 6.45) is 0. The van der Waals surface area contributed by atoms with Crippen molar-refractivity contribution in [1.29, 1.82) is 0 Å². The van der Waals surface area contributed by atoms with Crippen LogP contribution in [0.1, 0.15) is 5.56 Å². The number of para-hydroxylation sites is 1. The van der Waals surface area contributed by atoms with Crippen molar-refractivity contribution in [2.75, 3.05) is 17.7 Å². The van der Waals surface area contributed by atoms with Crippen LogP contribution in [-0.2, 0) is 4.79 Å². The number of fused-ring (bicyclic) bond motifs is 2. The van der Waals surface area contributed by atoms with E-state index < -0.39 is 0 Å². The molecule has 0 atom stereocenters. The van der Waals surface area contributed by atoms with Crippen LogP contribution in [0.5, 0.6) is 5.75 Å². The quantitative estimate of drug-likeness (QED) is 0.879. The molecule has 2 aromatic rings. The number of ether oxygens (including phenoxy) is 1. The number of nitrogens with one attached hydrogen (secondary N) is 1. The Morgan fingerprint density at radius 2 is 2.10 bits per heavy atom. The molecule has 1 amide bonds. The summed E-state index contributed by atoms with van der Waals surface area (Å²) in [6, 6.07) is 13.9. The number of hydrogen-bond donors (Lipinski definition) is 1. The van der Waals surface area contributed by atoms with Gasteiger partial charge in [0.25, 0.3) is 5.91 Å². The summed E-state index contributed by atoms with van der Waals surface area (Å²) >= 11 is 1.78. The molecule has 0 unspecified atom stereocenters. The lowest BCUT2D eigenvalue weighted by atomic mass is 10.1. The van der Waals surface area contributed by atoms with Gasteiger partial charge in [0.1, 0.15) is 5.75 Å². The monoisotopic (exact) mass is 296 g/mol. The molecule has 104 valence electrons. The van der Waals surface area contributed by atoms with Crippen LogP contribution in [0.4, 0.5) is 11.4 Å². The molecular formula is C16H12N2O2S. The Morgan fingerprint density at radius 1 is 1.19 bits per heavy atom. The van der Waals surface area contributed by atoms with E-state index in [2.05, 4.69) is 11.4 Å². The van der Waals surface area contributed by atoms with Crippen LogP contribution < -0.4 is 10.1 Å². The van der Waals surface area contributed by atoms with Crippen LogP contribution in [0.25, 0.3) is 0 Å². The number of nitrogens with zero attached hydrogens (tertiary/aromatic N) is 1. The minimum Gasteiger partial charge on any atom is -0.482 e. The number of carbonyl (C=O) groups is 1. The molecule has 5 heteroatoms. The van der Waals surface area contributed by atoms with Crippen molar-refractivity contribution in [2.24, 2.45) is 4.99 Å². The van der Waals surface area contributed by atoms with Crippen molar-refractivity contribution in [2.45, 2.75) is 4.90 Å². The zero-order valence-electron chi connectivity index (χ0n) is 11.1. The SMILES string of the molecule is O=C1COc2ccc(C3=Nc4ccccc4SC3)cc2N1. The van der Waals surface area contributed by atoms with Crippen molar-refractivity contribution < 1.29 is 9.53 Å². The topological polar surface area (TPSA) is 50.7 Å². The first-order chi connectivity index (χ1) is 10.3. The van der Waals surface area contributed by atoms with Gasteiger partial charge >= 0.3 is 0 Å². The third kappa shape index (κ3) is 2.29. The average molecular weight is 296 g/mol. The highest BCUT2D eigenvalue weighted by Crippen LogP contribution is 2.36. The van der Waals surface area contributed by atoms with Gasteiger partial charge in [0.15, 0.2) is 6.61 Å². The average Bonchev–Trinajstić information content (AvgIpc) is 2.53. The molecule has 0 saturated carbocycles. The Bertz CT molecular complexity index is 771. The van der Waals surface area contributed by atoms with Gasteiger partial charge in [-0.05, 0) is 35.9 Å². The molecule has 0 radical (unpaired) electrons. The van der Waals surface area contributed by atoms with E-state index >= 15 is 0 Å². The summed E-state index contributed by atoms with van der Waals surface area (Å²) in [5.41, 5.74) is 3.75. The predicted octanol–water partition coefficient (Wildman–Crippen LogP) is 3.24. The number of anilines is 1. The predicted molar refractivity (Wildman–Crippen MR) is 83.9 cm³/mol. The van der Waals surface area contributed by atoms with Crippen molar-refractivity contribution >= 4 is 34.8 Å². The molecule has 2 aliphatic heterocycles. The Balaban J connectivity index is 1.73. The molecule has 0 spiro atoms. The van der Waals surface area contributed by atoms with Crippen LogP contribution in [0.2, 0.25) is 0 Å². The highest BCUT2D eigenvalue weighted by atomic mass is 32.2. The molecule has 0 bridgehead atoms. The summed E-state index contributed by atoms with van der Waals surface area (Å²) in [5.74, 6) is 1.41. The third-order valence-corrected chi connectivity index (χ3v) is 4.50. The number of thioether (sulfide) groups is 1. The smallest absolute Gasteiger partial charge is 0.262 e. The van der Waals surface area contributed by atoms with Crippen molar-refractivity contribution in [3.63, 3.8) is 0 Å². The van der Waals surface area contributed by atoms with Crippen molar-refractivity contribution in [3.8, 4) is 5.75 Å². The van der Waals surface area contributed by atoms with Gasteiger partial charge in [-0.25, -0.2) is 0 Å². The molecule has 21 heavy (non-hydrogen) atoms. The second-order valence-corrected chi connectivity index (χ2v) is 5.88. The van der Waals surface area contributed by atoms with Crippen LogP contribution in [0, 0.1) is 0 Å². The van der Waals surface area contributed by atoms with Crippen LogP contribution in [0.3, 0.4) is 0 Å². The molecule has 2 heterocycles. The minimum absolute atomic E-state index is 0.0799. The number of rotatable bonds is 1. The fourth-order valence-electron chi connectivity index (χ4n) is 2.41. The molecule has 0 saturated heterocycles. The maximum Gasteiger partial charge on any atom is 0.262 e. The molecule has 2 aromatic carbocycles. The molecule has 0 aromatic heterocycles. The molecule has 0 aliphatic carbocycles. The van der Waals surface area contributed by atoms with E-state index in [1.807, 2.05) is 36.4 Å². The van der Waals surface area contributed by atoms with E-state index in [0.717, 1.165) is 28.4 Å². The molecular weight excluding hydrogens is 284 g/mol. The first-order valence-corrected chi connectivity index (χ1v) is 7.65. The zero-order chi connectivity index (χ0) is 14.2. The van der Waals surface area contributed by atoms with Gasteiger partial charge in [-0.1, -0.05) is 12.1 Å². The lowest BCUT2D eigenvalue weighted by molar-refractivity contribution is -0.118. The van der Waals surface area contributed by atoms with Gasteiger partial charge in [0.2, 0.25) is 0 Å². The molecule has 2 aliphatic rings. The molecule has 4 nitrogen and oxygen atoms in total. The molecule has 4 rings (SSSR count). The minimum atomic E-state index is -0.120. The van der Waals surface area contributed by atoms with Gasteiger partial charge in [-0.15, -0.1) is 11.8 Å². The van der Waals surface area contributed by atoms with Gasteiger partial charge in [0.05, 0.1) is 17.1 Å². The second-order valence-electron chi connectivity index (χ2n) is 4.86. The summed E-state index contributed by atoms with van der Waals surface area (Å²) in [5, 5.41) is 2.83. The Morgan fingerprint density at radius 3 is 3.05 bits per heavy atom. The summed E-state index contributed by atoms with van der Waals surface area (Å²) in [6.45, 7) is 0.0799. The van der Waals surface area contributed by atoms with E-state index in [4.69, 9.17) is 9.73 Å². The van der Waals surface area contributed by atoms with E-state index in [1.54, 1.807) is 11.8 Å². The maximum absolute atomic E-state index is 11.4. The van der Waals surface area contributed by atoms with Crippen LogP contribution >= 0.6 is 11.8 Å². The van der Waals surface area contributed by atoms with Crippen LogP contribution in [-0.4, -0.2) is 24.0 Å².